The molecule has 24 heavy (non-hydrogen) atoms. The van der Waals surface area contributed by atoms with E-state index in [9.17, 15) is 14.7 Å². The first-order valence-electron chi connectivity index (χ1n) is 7.56. The Labute approximate surface area is 141 Å². The molecule has 0 radical (unpaired) electrons. The summed E-state index contributed by atoms with van der Waals surface area (Å²) in [6.07, 6.45) is 0.00219. The van der Waals surface area contributed by atoms with Gasteiger partial charge in [0.15, 0.2) is 0 Å². The Morgan fingerprint density at radius 2 is 1.38 bits per heavy atom. The van der Waals surface area contributed by atoms with Crippen molar-refractivity contribution in [3.8, 4) is 0 Å². The number of carbonyl (C=O) groups excluding carboxylic acids is 2. The summed E-state index contributed by atoms with van der Waals surface area (Å²) >= 11 is 0. The molecule has 0 bridgehead atoms. The Morgan fingerprint density at radius 1 is 1.00 bits per heavy atom. The van der Waals surface area contributed by atoms with Crippen molar-refractivity contribution in [2.75, 3.05) is 4.90 Å². The summed E-state index contributed by atoms with van der Waals surface area (Å²) in [4.78, 5) is 33.3. The molecule has 0 saturated heterocycles. The monoisotopic (exact) mass is 339 g/mol. The minimum atomic E-state index is -0.943. The summed E-state index contributed by atoms with van der Waals surface area (Å²) in [6.45, 7) is 11.6. The topological polar surface area (TPSA) is 102 Å². The van der Waals surface area contributed by atoms with Crippen molar-refractivity contribution in [2.24, 2.45) is 0 Å². The zero-order valence-electron chi connectivity index (χ0n) is 15.2. The highest BCUT2D eigenvalue weighted by atomic mass is 16.6. The maximum Gasteiger partial charge on any atom is 0.427 e. The lowest BCUT2D eigenvalue weighted by Gasteiger charge is -2.27. The SMILES string of the molecule is CC(O)c1cnc(N(C(=O)OC(C)(C)C)C(=O)OC(C)(C)C)nc1. The number of ether oxygens (including phenoxy) is 2. The average molecular weight is 339 g/mol. The van der Waals surface area contributed by atoms with E-state index < -0.39 is 29.5 Å². The lowest BCUT2D eigenvalue weighted by Crippen LogP contribution is -2.44. The molecule has 0 saturated carbocycles. The maximum atomic E-state index is 12.4. The molecule has 134 valence electrons. The van der Waals surface area contributed by atoms with Gasteiger partial charge in [0.25, 0.3) is 0 Å². The Morgan fingerprint density at radius 3 is 1.67 bits per heavy atom. The number of amides is 2. The summed E-state index contributed by atoms with van der Waals surface area (Å²) in [7, 11) is 0. The van der Waals surface area contributed by atoms with Crippen molar-refractivity contribution in [1.29, 1.82) is 0 Å². The Kier molecular flexibility index (Phi) is 5.89. The highest BCUT2D eigenvalue weighted by molar-refractivity contribution is 6.08. The second kappa shape index (κ2) is 7.12. The first kappa shape index (κ1) is 19.8. The van der Waals surface area contributed by atoms with E-state index in [4.69, 9.17) is 9.47 Å². The summed E-state index contributed by atoms with van der Waals surface area (Å²) in [5, 5.41) is 9.50. The van der Waals surface area contributed by atoms with E-state index in [1.807, 2.05) is 0 Å². The molecule has 0 fully saturated rings. The van der Waals surface area contributed by atoms with Crippen LogP contribution in [0.3, 0.4) is 0 Å². The van der Waals surface area contributed by atoms with Gasteiger partial charge in [-0.25, -0.2) is 19.6 Å². The fourth-order valence-electron chi connectivity index (χ4n) is 1.52. The Bertz CT molecular complexity index is 557. The van der Waals surface area contributed by atoms with Gasteiger partial charge < -0.3 is 14.6 Å². The van der Waals surface area contributed by atoms with Crippen LogP contribution < -0.4 is 4.90 Å². The lowest BCUT2D eigenvalue weighted by molar-refractivity contribution is 0.0427. The molecule has 1 aromatic heterocycles. The average Bonchev–Trinajstić information content (AvgIpc) is 2.34. The van der Waals surface area contributed by atoms with Gasteiger partial charge in [-0.3, -0.25) is 0 Å². The van der Waals surface area contributed by atoms with Crippen molar-refractivity contribution >= 4 is 18.1 Å². The van der Waals surface area contributed by atoms with Crippen LogP contribution in [0.5, 0.6) is 0 Å². The number of anilines is 1. The summed E-state index contributed by atoms with van der Waals surface area (Å²) < 4.78 is 10.4. The number of rotatable bonds is 2. The highest BCUT2D eigenvalue weighted by Crippen LogP contribution is 2.19. The molecule has 1 heterocycles. The zero-order valence-corrected chi connectivity index (χ0v) is 15.2. The highest BCUT2D eigenvalue weighted by Gasteiger charge is 2.34. The quantitative estimate of drug-likeness (QED) is 0.882. The standard InChI is InChI=1S/C16H25N3O5/c1-10(20)11-8-17-12(18-9-11)19(13(21)23-15(2,3)4)14(22)24-16(5,6)7/h8-10,20H,1-7H3. The number of imide groups is 1. The van der Waals surface area contributed by atoms with Crippen molar-refractivity contribution in [3.63, 3.8) is 0 Å². The van der Waals surface area contributed by atoms with Gasteiger partial charge >= 0.3 is 12.2 Å². The second-order valence-electron chi connectivity index (χ2n) is 7.29. The van der Waals surface area contributed by atoms with E-state index in [2.05, 4.69) is 9.97 Å². The smallest absolute Gasteiger partial charge is 0.427 e. The molecule has 2 amide bonds. The van der Waals surface area contributed by atoms with Gasteiger partial charge in [0, 0.05) is 18.0 Å². The molecular weight excluding hydrogens is 314 g/mol. The van der Waals surface area contributed by atoms with Crippen LogP contribution in [0.4, 0.5) is 15.5 Å². The first-order chi connectivity index (χ1) is 10.8. The van der Waals surface area contributed by atoms with Crippen LogP contribution in [0.15, 0.2) is 12.4 Å². The van der Waals surface area contributed by atoms with Crippen molar-refractivity contribution in [1.82, 2.24) is 9.97 Å². The van der Waals surface area contributed by atoms with Crippen molar-refractivity contribution in [2.45, 2.75) is 65.8 Å². The van der Waals surface area contributed by atoms with Gasteiger partial charge in [0.1, 0.15) is 11.2 Å². The molecule has 1 rings (SSSR count). The lowest BCUT2D eigenvalue weighted by atomic mass is 10.2. The minimum Gasteiger partial charge on any atom is -0.443 e. The van der Waals surface area contributed by atoms with E-state index in [-0.39, 0.29) is 5.95 Å². The van der Waals surface area contributed by atoms with Gasteiger partial charge in [0.2, 0.25) is 5.95 Å². The summed E-state index contributed by atoms with van der Waals surface area (Å²) in [5.41, 5.74) is -1.17. The molecule has 0 aliphatic rings. The van der Waals surface area contributed by atoms with Crippen LogP contribution in [0.1, 0.15) is 60.1 Å². The number of hydrogen-bond donors (Lipinski definition) is 1. The predicted molar refractivity (Wildman–Crippen MR) is 87.6 cm³/mol. The van der Waals surface area contributed by atoms with E-state index in [0.717, 1.165) is 0 Å². The first-order valence-corrected chi connectivity index (χ1v) is 7.56. The molecular formula is C16H25N3O5. The van der Waals surface area contributed by atoms with Gasteiger partial charge in [-0.2, -0.15) is 0 Å². The van der Waals surface area contributed by atoms with E-state index in [1.54, 1.807) is 48.5 Å². The van der Waals surface area contributed by atoms with Gasteiger partial charge in [-0.15, -0.1) is 4.90 Å². The zero-order chi connectivity index (χ0) is 18.7. The molecule has 1 unspecified atom stereocenters. The van der Waals surface area contributed by atoms with Gasteiger partial charge in [-0.05, 0) is 48.5 Å². The number of aliphatic hydroxyl groups is 1. The molecule has 1 N–H and O–H groups in total. The van der Waals surface area contributed by atoms with Crippen molar-refractivity contribution in [3.05, 3.63) is 18.0 Å². The van der Waals surface area contributed by atoms with Crippen LogP contribution in [0, 0.1) is 0 Å². The molecule has 0 aliphatic heterocycles. The predicted octanol–water partition coefficient (Wildman–Crippen LogP) is 3.21. The minimum absolute atomic E-state index is 0.192. The van der Waals surface area contributed by atoms with E-state index in [0.29, 0.717) is 10.5 Å². The molecule has 8 nitrogen and oxygen atoms in total. The third-order valence-electron chi connectivity index (χ3n) is 2.49. The largest absolute Gasteiger partial charge is 0.443 e. The number of carbonyl (C=O) groups is 2. The summed E-state index contributed by atoms with van der Waals surface area (Å²) in [6, 6.07) is 0. The number of aromatic nitrogens is 2. The normalized spacial score (nSPS) is 13.2. The Balaban J connectivity index is 3.17. The van der Waals surface area contributed by atoms with Crippen LogP contribution in [0.2, 0.25) is 0 Å². The Hall–Kier alpha value is -2.22. The van der Waals surface area contributed by atoms with E-state index >= 15 is 0 Å². The number of nitrogens with zero attached hydrogens (tertiary/aromatic N) is 3. The number of aliphatic hydroxyl groups excluding tert-OH is 1. The molecule has 0 spiro atoms. The molecule has 8 heteroatoms. The van der Waals surface area contributed by atoms with Crippen LogP contribution >= 0.6 is 0 Å². The van der Waals surface area contributed by atoms with Crippen LogP contribution in [-0.4, -0.2) is 38.5 Å². The van der Waals surface area contributed by atoms with Gasteiger partial charge in [-0.1, -0.05) is 0 Å². The molecule has 0 aliphatic carbocycles. The fraction of sp³-hybridized carbons (Fsp3) is 0.625. The van der Waals surface area contributed by atoms with E-state index in [1.165, 1.54) is 12.4 Å². The fourth-order valence-corrected chi connectivity index (χ4v) is 1.52. The third kappa shape index (κ3) is 6.11. The van der Waals surface area contributed by atoms with Gasteiger partial charge in [0.05, 0.1) is 6.10 Å². The second-order valence-corrected chi connectivity index (χ2v) is 7.29. The van der Waals surface area contributed by atoms with Crippen molar-refractivity contribution < 1.29 is 24.2 Å². The third-order valence-corrected chi connectivity index (χ3v) is 2.49. The maximum absolute atomic E-state index is 12.4. The molecule has 0 aromatic carbocycles. The van der Waals surface area contributed by atoms with Crippen LogP contribution in [-0.2, 0) is 9.47 Å². The number of hydrogen-bond acceptors (Lipinski definition) is 7. The van der Waals surface area contributed by atoms with Crippen LogP contribution in [0.25, 0.3) is 0 Å². The molecule has 1 aromatic rings. The summed E-state index contributed by atoms with van der Waals surface area (Å²) in [5.74, 6) is -0.192. The molecule has 1 atom stereocenters.